The van der Waals surface area contributed by atoms with Crippen molar-refractivity contribution in [3.8, 4) is 0 Å². The molecular weight excluding hydrogens is 406 g/mol. The van der Waals surface area contributed by atoms with Crippen molar-refractivity contribution in [2.75, 3.05) is 26.2 Å². The van der Waals surface area contributed by atoms with Gasteiger partial charge in [-0.25, -0.2) is 0 Å². The minimum atomic E-state index is 0.221. The standard InChI is InChI=1S/C29H33N3O/c33-22-28-29(26-14-12-24(13-15-26)11-10-23-7-2-1-3-8-23)27-21-31(17-4-5-18-32(27)28)20-25-9-6-16-30-19-25/h1-3,6-16,19,27-29,33H,4-5,17-18,20-22H2/t27-,28-,29-/m0/s1. The Labute approximate surface area is 197 Å². The second-order valence-electron chi connectivity index (χ2n) is 9.30. The monoisotopic (exact) mass is 439 g/mol. The van der Waals surface area contributed by atoms with Crippen LogP contribution in [0.25, 0.3) is 12.2 Å². The maximum atomic E-state index is 10.2. The van der Waals surface area contributed by atoms with Crippen LogP contribution in [0.5, 0.6) is 0 Å². The predicted octanol–water partition coefficient (Wildman–Crippen LogP) is 4.68. The van der Waals surface area contributed by atoms with E-state index in [0.717, 1.165) is 26.2 Å². The van der Waals surface area contributed by atoms with Crippen molar-refractivity contribution in [1.82, 2.24) is 14.8 Å². The van der Waals surface area contributed by atoms with Crippen LogP contribution in [-0.2, 0) is 6.54 Å². The van der Waals surface area contributed by atoms with Crippen molar-refractivity contribution in [3.05, 3.63) is 101 Å². The molecule has 2 aliphatic heterocycles. The van der Waals surface area contributed by atoms with E-state index in [-0.39, 0.29) is 12.6 Å². The molecule has 4 nitrogen and oxygen atoms in total. The van der Waals surface area contributed by atoms with Gasteiger partial charge in [0.1, 0.15) is 0 Å². The lowest BCUT2D eigenvalue weighted by molar-refractivity contribution is -0.0655. The molecule has 0 spiro atoms. The first-order valence-electron chi connectivity index (χ1n) is 12.1. The SMILES string of the molecule is OC[C@H]1[C@@H](c2ccc(C=Cc3ccccc3)cc2)[C@@H]2CN(Cc3cccnc3)CCCCN12. The Morgan fingerprint density at radius 2 is 1.64 bits per heavy atom. The molecule has 2 fully saturated rings. The quantitative estimate of drug-likeness (QED) is 0.566. The van der Waals surface area contributed by atoms with Crippen LogP contribution < -0.4 is 0 Å². The molecule has 170 valence electrons. The summed E-state index contributed by atoms with van der Waals surface area (Å²) >= 11 is 0. The molecule has 3 atom stereocenters. The average Bonchev–Trinajstić information content (AvgIpc) is 2.85. The molecule has 0 saturated carbocycles. The number of hydrogen-bond acceptors (Lipinski definition) is 4. The zero-order valence-corrected chi connectivity index (χ0v) is 19.1. The number of hydrogen-bond donors (Lipinski definition) is 1. The third-order valence-corrected chi connectivity index (χ3v) is 7.17. The fourth-order valence-electron chi connectivity index (χ4n) is 5.49. The summed E-state index contributed by atoms with van der Waals surface area (Å²) in [6, 6.07) is 24.2. The van der Waals surface area contributed by atoms with Crippen molar-refractivity contribution in [2.45, 2.75) is 37.4 Å². The van der Waals surface area contributed by atoms with Crippen molar-refractivity contribution < 1.29 is 5.11 Å². The number of aromatic nitrogens is 1. The molecule has 0 aliphatic carbocycles. The number of pyridine rings is 1. The number of nitrogens with zero attached hydrogens (tertiary/aromatic N) is 3. The van der Waals surface area contributed by atoms with E-state index in [1.165, 1.54) is 35.1 Å². The number of aliphatic hydroxyl groups is 1. The molecule has 4 heteroatoms. The van der Waals surface area contributed by atoms with Crippen LogP contribution in [0.1, 0.15) is 41.0 Å². The van der Waals surface area contributed by atoms with Gasteiger partial charge in [-0.2, -0.15) is 0 Å². The lowest BCUT2D eigenvalue weighted by Gasteiger charge is -2.57. The number of benzene rings is 2. The summed E-state index contributed by atoms with van der Waals surface area (Å²) in [5.41, 5.74) is 5.03. The maximum absolute atomic E-state index is 10.2. The van der Waals surface area contributed by atoms with Crippen molar-refractivity contribution in [1.29, 1.82) is 0 Å². The largest absolute Gasteiger partial charge is 0.395 e. The van der Waals surface area contributed by atoms with E-state index in [2.05, 4.69) is 81.5 Å². The molecule has 0 amide bonds. The van der Waals surface area contributed by atoms with Gasteiger partial charge in [0.15, 0.2) is 0 Å². The molecule has 3 heterocycles. The second kappa shape index (κ2) is 10.4. The normalized spacial score (nSPS) is 24.1. The van der Waals surface area contributed by atoms with Crippen LogP contribution in [-0.4, -0.2) is 58.2 Å². The molecule has 3 aromatic rings. The summed E-state index contributed by atoms with van der Waals surface area (Å²) in [6.45, 7) is 4.41. The van der Waals surface area contributed by atoms with Crippen LogP contribution in [0.3, 0.4) is 0 Å². The van der Waals surface area contributed by atoms with Crippen LogP contribution in [0.2, 0.25) is 0 Å². The lowest BCUT2D eigenvalue weighted by atomic mass is 9.74. The summed E-state index contributed by atoms with van der Waals surface area (Å²) in [5, 5.41) is 10.2. The predicted molar refractivity (Wildman–Crippen MR) is 135 cm³/mol. The third kappa shape index (κ3) is 5.09. The lowest BCUT2D eigenvalue weighted by Crippen LogP contribution is -2.67. The highest BCUT2D eigenvalue weighted by Crippen LogP contribution is 2.42. The van der Waals surface area contributed by atoms with Crippen molar-refractivity contribution >= 4 is 12.2 Å². The zero-order chi connectivity index (χ0) is 22.5. The second-order valence-corrected chi connectivity index (χ2v) is 9.30. The molecule has 2 saturated heterocycles. The highest BCUT2D eigenvalue weighted by Gasteiger charge is 2.48. The molecule has 1 aromatic heterocycles. The van der Waals surface area contributed by atoms with Gasteiger partial charge in [-0.1, -0.05) is 72.8 Å². The van der Waals surface area contributed by atoms with Gasteiger partial charge in [0, 0.05) is 43.5 Å². The summed E-state index contributed by atoms with van der Waals surface area (Å²) < 4.78 is 0. The minimum absolute atomic E-state index is 0.221. The van der Waals surface area contributed by atoms with Gasteiger partial charge in [0.05, 0.1) is 6.61 Å². The fraction of sp³-hybridized carbons (Fsp3) is 0.345. The smallest absolute Gasteiger partial charge is 0.0593 e. The molecule has 2 aromatic carbocycles. The first kappa shape index (κ1) is 22.0. The molecule has 5 rings (SSSR count). The Bertz CT molecular complexity index is 1040. The molecular formula is C29H33N3O. The van der Waals surface area contributed by atoms with Crippen LogP contribution in [0.15, 0.2) is 79.1 Å². The highest BCUT2D eigenvalue weighted by molar-refractivity contribution is 5.69. The summed E-state index contributed by atoms with van der Waals surface area (Å²) in [4.78, 5) is 9.41. The van der Waals surface area contributed by atoms with E-state index in [0.29, 0.717) is 12.0 Å². The Hall–Kier alpha value is -2.79. The highest BCUT2D eigenvalue weighted by atomic mass is 16.3. The summed E-state index contributed by atoms with van der Waals surface area (Å²) in [6.07, 6.45) is 10.5. The Balaban J connectivity index is 1.31. The van der Waals surface area contributed by atoms with E-state index < -0.39 is 0 Å². The first-order chi connectivity index (χ1) is 16.3. The minimum Gasteiger partial charge on any atom is -0.395 e. The van der Waals surface area contributed by atoms with Gasteiger partial charge >= 0.3 is 0 Å². The van der Waals surface area contributed by atoms with Gasteiger partial charge < -0.3 is 5.11 Å². The van der Waals surface area contributed by atoms with Gasteiger partial charge in [-0.15, -0.1) is 0 Å². The van der Waals surface area contributed by atoms with Crippen molar-refractivity contribution in [2.24, 2.45) is 0 Å². The van der Waals surface area contributed by atoms with Gasteiger partial charge in [-0.05, 0) is 54.3 Å². The first-order valence-corrected chi connectivity index (χ1v) is 12.1. The maximum Gasteiger partial charge on any atom is 0.0593 e. The molecule has 0 radical (unpaired) electrons. The van der Waals surface area contributed by atoms with E-state index in [4.69, 9.17) is 0 Å². The molecule has 2 aliphatic rings. The van der Waals surface area contributed by atoms with Crippen LogP contribution >= 0.6 is 0 Å². The third-order valence-electron chi connectivity index (χ3n) is 7.17. The Morgan fingerprint density at radius 1 is 0.879 bits per heavy atom. The van der Waals surface area contributed by atoms with E-state index in [1.807, 2.05) is 24.5 Å². The average molecular weight is 440 g/mol. The zero-order valence-electron chi connectivity index (χ0n) is 19.1. The molecule has 0 bridgehead atoms. The van der Waals surface area contributed by atoms with Gasteiger partial charge in [-0.3, -0.25) is 14.8 Å². The van der Waals surface area contributed by atoms with E-state index in [9.17, 15) is 5.11 Å². The Morgan fingerprint density at radius 3 is 2.36 bits per heavy atom. The summed E-state index contributed by atoms with van der Waals surface area (Å²) in [7, 11) is 0. The van der Waals surface area contributed by atoms with Gasteiger partial charge in [0.2, 0.25) is 0 Å². The topological polar surface area (TPSA) is 39.6 Å². The number of fused-ring (bicyclic) bond motifs is 1. The van der Waals surface area contributed by atoms with Crippen molar-refractivity contribution in [3.63, 3.8) is 0 Å². The molecule has 1 N–H and O–H groups in total. The van der Waals surface area contributed by atoms with E-state index >= 15 is 0 Å². The Kier molecular flexibility index (Phi) is 6.96. The van der Waals surface area contributed by atoms with Gasteiger partial charge in [0.25, 0.3) is 0 Å². The fourth-order valence-corrected chi connectivity index (χ4v) is 5.49. The van der Waals surface area contributed by atoms with E-state index in [1.54, 1.807) is 0 Å². The number of aliphatic hydroxyl groups excluding tert-OH is 1. The number of rotatable bonds is 6. The van der Waals surface area contributed by atoms with Crippen LogP contribution in [0.4, 0.5) is 0 Å². The summed E-state index contributed by atoms with van der Waals surface area (Å²) in [5.74, 6) is 0.372. The van der Waals surface area contributed by atoms with Crippen LogP contribution in [0, 0.1) is 0 Å². The molecule has 33 heavy (non-hydrogen) atoms. The molecule has 0 unspecified atom stereocenters.